The second-order valence-corrected chi connectivity index (χ2v) is 8.29. The number of aromatic nitrogens is 2. The molecule has 0 aromatic carbocycles. The Bertz CT molecular complexity index is 880. The maximum Gasteiger partial charge on any atom is 0.293 e. The standard InChI is InChI=1S/C17H23N3O2.C5H10O2.CH4N2O/c1-3-7-14-12(2)18-15(20-17(14)22)10-11-16(21)19-13-8-5-4-6-9-13;1-5(2,3)7-4-6;2-3-1-4/h3,7,13H,1-2,4-6,8-11H2,(H,19,21)(H,18,20,22);4H,1-3H3;1H,2H2,(H,3,4)/b14-7+;;. The van der Waals surface area contributed by atoms with Gasteiger partial charge in [0.25, 0.3) is 12.0 Å². The van der Waals surface area contributed by atoms with Crippen molar-refractivity contribution in [2.75, 3.05) is 0 Å². The highest BCUT2D eigenvalue weighted by molar-refractivity contribution is 5.76. The van der Waals surface area contributed by atoms with Gasteiger partial charge in [0, 0.05) is 18.9 Å². The molecule has 2 amide bonds. The van der Waals surface area contributed by atoms with Crippen molar-refractivity contribution in [1.82, 2.24) is 20.7 Å². The van der Waals surface area contributed by atoms with Crippen molar-refractivity contribution in [3.05, 3.63) is 39.4 Å². The lowest BCUT2D eigenvalue weighted by atomic mass is 9.95. The van der Waals surface area contributed by atoms with Gasteiger partial charge in [-0.3, -0.25) is 24.6 Å². The van der Waals surface area contributed by atoms with Crippen molar-refractivity contribution in [3.63, 3.8) is 0 Å². The maximum atomic E-state index is 12.0. The second-order valence-electron chi connectivity index (χ2n) is 8.29. The first-order valence-corrected chi connectivity index (χ1v) is 10.8. The van der Waals surface area contributed by atoms with Crippen LogP contribution in [0, 0.1) is 0 Å². The molecule has 0 spiro atoms. The predicted octanol–water partition coefficient (Wildman–Crippen LogP) is 0.0922. The minimum Gasteiger partial charge on any atom is -0.462 e. The topological polar surface area (TPSA) is 156 Å². The van der Waals surface area contributed by atoms with Crippen molar-refractivity contribution in [2.45, 2.75) is 77.4 Å². The van der Waals surface area contributed by atoms with Gasteiger partial charge in [0.15, 0.2) is 0 Å². The fourth-order valence-electron chi connectivity index (χ4n) is 2.91. The minimum absolute atomic E-state index is 0.0156. The van der Waals surface area contributed by atoms with Gasteiger partial charge in [-0.05, 0) is 39.7 Å². The lowest BCUT2D eigenvalue weighted by molar-refractivity contribution is -0.138. The summed E-state index contributed by atoms with van der Waals surface area (Å²) in [6, 6.07) is 0.307. The summed E-state index contributed by atoms with van der Waals surface area (Å²) >= 11 is 0. The lowest BCUT2D eigenvalue weighted by Gasteiger charge is -2.22. The van der Waals surface area contributed by atoms with Gasteiger partial charge in [-0.25, -0.2) is 10.8 Å². The second kappa shape index (κ2) is 16.4. The van der Waals surface area contributed by atoms with E-state index in [4.69, 9.17) is 4.79 Å². The van der Waals surface area contributed by atoms with E-state index in [0.717, 1.165) is 12.8 Å². The molecule has 5 N–H and O–H groups in total. The Kier molecular flexibility index (Phi) is 14.8. The Hall–Kier alpha value is -3.27. The summed E-state index contributed by atoms with van der Waals surface area (Å²) in [5, 5.41) is 3.87. The Balaban J connectivity index is 0.000000776. The van der Waals surface area contributed by atoms with Crippen LogP contribution >= 0.6 is 0 Å². The fourth-order valence-corrected chi connectivity index (χ4v) is 2.91. The Morgan fingerprint density at radius 1 is 1.27 bits per heavy atom. The maximum absolute atomic E-state index is 12.0. The van der Waals surface area contributed by atoms with Gasteiger partial charge in [0.2, 0.25) is 12.3 Å². The number of carbonyl (C=O) groups is 3. The number of H-pyrrole nitrogens is 1. The van der Waals surface area contributed by atoms with Gasteiger partial charge in [-0.1, -0.05) is 38.5 Å². The smallest absolute Gasteiger partial charge is 0.293 e. The molecule has 1 heterocycles. The summed E-state index contributed by atoms with van der Waals surface area (Å²) in [5.41, 5.74) is 1.18. The van der Waals surface area contributed by atoms with Crippen molar-refractivity contribution in [1.29, 1.82) is 0 Å². The quantitative estimate of drug-likeness (QED) is 0.193. The van der Waals surface area contributed by atoms with E-state index in [1.807, 2.05) is 20.8 Å². The third kappa shape index (κ3) is 14.4. The van der Waals surface area contributed by atoms with E-state index in [-0.39, 0.29) is 17.1 Å². The first-order valence-electron chi connectivity index (χ1n) is 10.8. The van der Waals surface area contributed by atoms with Gasteiger partial charge in [0.1, 0.15) is 11.4 Å². The predicted molar refractivity (Wildman–Crippen MR) is 128 cm³/mol. The van der Waals surface area contributed by atoms with Crippen LogP contribution in [0.15, 0.2) is 17.4 Å². The number of amides is 2. The molecule has 184 valence electrons. The molecule has 1 aliphatic rings. The number of nitrogens with one attached hydrogen (secondary N) is 3. The summed E-state index contributed by atoms with van der Waals surface area (Å²) < 4.78 is 4.55. The summed E-state index contributed by atoms with van der Waals surface area (Å²) in [4.78, 5) is 49.3. The highest BCUT2D eigenvalue weighted by Gasteiger charge is 2.15. The number of ether oxygens (including phenoxy) is 1. The largest absolute Gasteiger partial charge is 0.462 e. The SMILES string of the molecule is C=C/C=c1\c(=C)nc(CCC(=O)NC2CCCCC2)[nH]c1=O.CC(C)(C)OC=O.NNC=O. The van der Waals surface area contributed by atoms with Gasteiger partial charge in [-0.15, -0.1) is 0 Å². The highest BCUT2D eigenvalue weighted by atomic mass is 16.5. The molecular formula is C23H37N5O5. The monoisotopic (exact) mass is 463 g/mol. The van der Waals surface area contributed by atoms with E-state index in [0.29, 0.717) is 48.2 Å². The van der Waals surface area contributed by atoms with Crippen LogP contribution in [0.4, 0.5) is 0 Å². The number of aryl methyl sites for hydroxylation is 1. The number of aromatic amines is 1. The third-order valence-electron chi connectivity index (χ3n) is 4.40. The molecule has 1 saturated carbocycles. The van der Waals surface area contributed by atoms with E-state index < -0.39 is 0 Å². The van der Waals surface area contributed by atoms with E-state index >= 15 is 0 Å². The average Bonchev–Trinajstić information content (AvgIpc) is 2.75. The minimum atomic E-state index is -0.318. The molecule has 0 unspecified atom stereocenters. The van der Waals surface area contributed by atoms with Crippen LogP contribution in [0.5, 0.6) is 0 Å². The number of nitrogens with zero attached hydrogens (tertiary/aromatic N) is 1. The van der Waals surface area contributed by atoms with Crippen molar-refractivity contribution in [3.8, 4) is 0 Å². The zero-order chi connectivity index (χ0) is 25.3. The van der Waals surface area contributed by atoms with Crippen LogP contribution in [0.3, 0.4) is 0 Å². The van der Waals surface area contributed by atoms with Gasteiger partial charge in [-0.2, -0.15) is 0 Å². The molecule has 1 fully saturated rings. The molecular weight excluding hydrogens is 426 g/mol. The van der Waals surface area contributed by atoms with Gasteiger partial charge >= 0.3 is 0 Å². The molecule has 1 aliphatic carbocycles. The number of carbonyl (C=O) groups excluding carboxylic acids is 3. The fraction of sp³-hybridized carbons (Fsp3) is 0.522. The van der Waals surface area contributed by atoms with Crippen LogP contribution in [-0.4, -0.2) is 40.4 Å². The molecule has 10 nitrogen and oxygen atoms in total. The summed E-state index contributed by atoms with van der Waals surface area (Å²) in [6.07, 6.45) is 10.0. The molecule has 0 saturated heterocycles. The Morgan fingerprint density at radius 3 is 2.30 bits per heavy atom. The number of allylic oxidation sites excluding steroid dienone is 1. The molecule has 1 aromatic heterocycles. The van der Waals surface area contributed by atoms with E-state index in [1.54, 1.807) is 11.5 Å². The number of rotatable bonds is 7. The number of hydrazine groups is 1. The molecule has 2 rings (SSSR count). The highest BCUT2D eigenvalue weighted by Crippen LogP contribution is 2.17. The number of hydrogen-bond acceptors (Lipinski definition) is 7. The van der Waals surface area contributed by atoms with Crippen molar-refractivity contribution < 1.29 is 19.1 Å². The first kappa shape index (κ1) is 29.7. The van der Waals surface area contributed by atoms with Gasteiger partial charge in [0.05, 0.1) is 10.6 Å². The van der Waals surface area contributed by atoms with E-state index in [9.17, 15) is 14.4 Å². The molecule has 33 heavy (non-hydrogen) atoms. The summed E-state index contributed by atoms with van der Waals surface area (Å²) in [5.74, 6) is 4.92. The molecule has 1 aromatic rings. The number of nitrogens with two attached hydrogens (primary N) is 1. The summed E-state index contributed by atoms with van der Waals surface area (Å²) in [6.45, 7) is 13.3. The van der Waals surface area contributed by atoms with Crippen LogP contribution in [0.2, 0.25) is 0 Å². The average molecular weight is 464 g/mol. The van der Waals surface area contributed by atoms with Crippen molar-refractivity contribution in [2.24, 2.45) is 5.84 Å². The third-order valence-corrected chi connectivity index (χ3v) is 4.40. The number of hydrogen-bond donors (Lipinski definition) is 4. The molecule has 0 radical (unpaired) electrons. The molecule has 0 atom stereocenters. The first-order chi connectivity index (χ1) is 15.6. The zero-order valence-electron chi connectivity index (χ0n) is 19.8. The lowest BCUT2D eigenvalue weighted by Crippen LogP contribution is -2.43. The van der Waals surface area contributed by atoms with Crippen LogP contribution < -0.4 is 32.7 Å². The molecule has 0 aliphatic heterocycles. The Labute approximate surface area is 194 Å². The van der Waals surface area contributed by atoms with E-state index in [2.05, 4.69) is 39.0 Å². The van der Waals surface area contributed by atoms with Crippen LogP contribution in [0.1, 0.15) is 65.1 Å². The normalized spacial score (nSPS) is 13.9. The molecule has 0 bridgehead atoms. The van der Waals surface area contributed by atoms with Crippen molar-refractivity contribution >= 4 is 31.4 Å². The van der Waals surface area contributed by atoms with Gasteiger partial charge < -0.3 is 15.0 Å². The Morgan fingerprint density at radius 2 is 1.88 bits per heavy atom. The van der Waals surface area contributed by atoms with Crippen LogP contribution in [-0.2, 0) is 25.5 Å². The molecule has 10 heteroatoms. The van der Waals surface area contributed by atoms with E-state index in [1.165, 1.54) is 25.3 Å². The van der Waals surface area contributed by atoms with Crippen LogP contribution in [0.25, 0.3) is 12.7 Å². The summed E-state index contributed by atoms with van der Waals surface area (Å²) in [7, 11) is 0. The zero-order valence-corrected chi connectivity index (χ0v) is 19.8.